The second-order valence-electron chi connectivity index (χ2n) is 4.61. The molecule has 0 bridgehead atoms. The van der Waals surface area contributed by atoms with E-state index in [1.165, 1.54) is 0 Å². The number of carbonyl (C=O) groups is 1. The Hall–Kier alpha value is -1.21. The number of ether oxygens (including phenoxy) is 1. The molecule has 0 saturated carbocycles. The maximum Gasteiger partial charge on any atom is 0.504 e. The standard InChI is InChI=1S/C16H26O5Si/c1-4-19-22(20-5-2,21-6-3)13-12-18-16(17)14-15-10-8-7-9-11-15/h7-11H,4-6,12-14H2,1-3H3. The van der Waals surface area contributed by atoms with Crippen LogP contribution in [-0.4, -0.2) is 41.2 Å². The zero-order valence-corrected chi connectivity index (χ0v) is 14.7. The van der Waals surface area contributed by atoms with Gasteiger partial charge < -0.3 is 18.0 Å². The highest BCUT2D eigenvalue weighted by molar-refractivity contribution is 6.60. The molecule has 0 aliphatic carbocycles. The molecule has 0 amide bonds. The summed E-state index contributed by atoms with van der Waals surface area (Å²) in [6, 6.07) is 10.0. The van der Waals surface area contributed by atoms with E-state index in [1.54, 1.807) is 0 Å². The van der Waals surface area contributed by atoms with Crippen molar-refractivity contribution in [2.45, 2.75) is 33.2 Å². The van der Waals surface area contributed by atoms with Gasteiger partial charge in [0.15, 0.2) is 0 Å². The average molecular weight is 326 g/mol. The van der Waals surface area contributed by atoms with Crippen molar-refractivity contribution in [3.63, 3.8) is 0 Å². The van der Waals surface area contributed by atoms with Gasteiger partial charge in [-0.05, 0) is 26.3 Å². The third-order valence-corrected chi connectivity index (χ3v) is 5.96. The van der Waals surface area contributed by atoms with Gasteiger partial charge in [-0.25, -0.2) is 0 Å². The van der Waals surface area contributed by atoms with Crippen LogP contribution in [0, 0.1) is 0 Å². The fourth-order valence-electron chi connectivity index (χ4n) is 2.10. The monoisotopic (exact) mass is 326 g/mol. The van der Waals surface area contributed by atoms with Crippen LogP contribution in [-0.2, 0) is 29.2 Å². The van der Waals surface area contributed by atoms with Crippen LogP contribution in [0.1, 0.15) is 26.3 Å². The Morgan fingerprint density at radius 3 is 2.00 bits per heavy atom. The van der Waals surface area contributed by atoms with Crippen LogP contribution in [0.3, 0.4) is 0 Å². The summed E-state index contributed by atoms with van der Waals surface area (Å²) in [5, 5.41) is 0. The summed E-state index contributed by atoms with van der Waals surface area (Å²) in [6.45, 7) is 7.51. The van der Waals surface area contributed by atoms with Gasteiger partial charge in [-0.3, -0.25) is 4.79 Å². The quantitative estimate of drug-likeness (QED) is 0.462. The Balaban J connectivity index is 2.45. The van der Waals surface area contributed by atoms with Crippen molar-refractivity contribution in [2.75, 3.05) is 26.4 Å². The van der Waals surface area contributed by atoms with E-state index in [4.69, 9.17) is 18.0 Å². The first-order valence-electron chi connectivity index (χ1n) is 7.77. The van der Waals surface area contributed by atoms with E-state index in [0.717, 1.165) is 5.56 Å². The minimum absolute atomic E-state index is 0.248. The number of esters is 1. The van der Waals surface area contributed by atoms with Gasteiger partial charge in [0.25, 0.3) is 0 Å². The number of hydrogen-bond donors (Lipinski definition) is 0. The summed E-state index contributed by atoms with van der Waals surface area (Å²) < 4.78 is 22.4. The molecule has 1 aromatic carbocycles. The number of hydrogen-bond acceptors (Lipinski definition) is 5. The second-order valence-corrected chi connectivity index (χ2v) is 7.35. The van der Waals surface area contributed by atoms with Gasteiger partial charge in [0.2, 0.25) is 0 Å². The number of benzene rings is 1. The van der Waals surface area contributed by atoms with E-state index in [9.17, 15) is 4.79 Å². The van der Waals surface area contributed by atoms with Crippen molar-refractivity contribution in [1.82, 2.24) is 0 Å². The summed E-state index contributed by atoms with van der Waals surface area (Å²) in [6.07, 6.45) is 0.271. The molecule has 0 atom stereocenters. The summed E-state index contributed by atoms with van der Waals surface area (Å²) in [4.78, 5) is 11.8. The molecule has 6 heteroatoms. The highest BCUT2D eigenvalue weighted by atomic mass is 28.4. The molecule has 0 aliphatic heterocycles. The average Bonchev–Trinajstić information content (AvgIpc) is 2.49. The van der Waals surface area contributed by atoms with Gasteiger partial charge in [0.05, 0.1) is 19.1 Å². The van der Waals surface area contributed by atoms with E-state index >= 15 is 0 Å². The molecule has 22 heavy (non-hydrogen) atoms. The third kappa shape index (κ3) is 6.70. The Kier molecular flexibility index (Phi) is 8.99. The second kappa shape index (κ2) is 10.5. The molecule has 0 spiro atoms. The van der Waals surface area contributed by atoms with E-state index in [-0.39, 0.29) is 19.0 Å². The van der Waals surface area contributed by atoms with Crippen LogP contribution in [0.4, 0.5) is 0 Å². The fraction of sp³-hybridized carbons (Fsp3) is 0.562. The van der Waals surface area contributed by atoms with Crippen LogP contribution < -0.4 is 0 Å². The van der Waals surface area contributed by atoms with Crippen LogP contribution >= 0.6 is 0 Å². The van der Waals surface area contributed by atoms with Gasteiger partial charge >= 0.3 is 14.8 Å². The van der Waals surface area contributed by atoms with Crippen molar-refractivity contribution in [1.29, 1.82) is 0 Å². The molecule has 5 nitrogen and oxygen atoms in total. The topological polar surface area (TPSA) is 54.0 Å². The molecular formula is C16H26O5Si. The van der Waals surface area contributed by atoms with E-state index in [2.05, 4.69) is 0 Å². The van der Waals surface area contributed by atoms with Gasteiger partial charge in [-0.1, -0.05) is 30.3 Å². The van der Waals surface area contributed by atoms with Crippen molar-refractivity contribution < 1.29 is 22.8 Å². The molecule has 0 unspecified atom stereocenters. The van der Waals surface area contributed by atoms with Gasteiger partial charge in [-0.2, -0.15) is 0 Å². The predicted octanol–water partition coefficient (Wildman–Crippen LogP) is 2.82. The Labute approximate surface area is 133 Å². The van der Waals surface area contributed by atoms with E-state index in [0.29, 0.717) is 25.9 Å². The maximum absolute atomic E-state index is 11.8. The highest BCUT2D eigenvalue weighted by Gasteiger charge is 2.40. The van der Waals surface area contributed by atoms with Crippen LogP contribution in [0.2, 0.25) is 6.04 Å². The molecule has 124 valence electrons. The third-order valence-electron chi connectivity index (χ3n) is 2.96. The SMILES string of the molecule is CCO[Si](CCOC(=O)Cc1ccccc1)(OCC)OCC. The lowest BCUT2D eigenvalue weighted by molar-refractivity contribution is -0.142. The fourth-order valence-corrected chi connectivity index (χ4v) is 4.46. The summed E-state index contributed by atoms with van der Waals surface area (Å²) in [7, 11) is -2.73. The molecule has 1 rings (SSSR count). The summed E-state index contributed by atoms with van der Waals surface area (Å²) in [5.41, 5.74) is 0.940. The van der Waals surface area contributed by atoms with Crippen molar-refractivity contribution in [2.24, 2.45) is 0 Å². The lowest BCUT2D eigenvalue weighted by atomic mass is 10.2. The van der Waals surface area contributed by atoms with Gasteiger partial charge in [0.1, 0.15) is 0 Å². The lowest BCUT2D eigenvalue weighted by Crippen LogP contribution is -2.47. The normalized spacial score (nSPS) is 11.4. The lowest BCUT2D eigenvalue weighted by Gasteiger charge is -2.28. The molecule has 0 aromatic heterocycles. The molecule has 1 aromatic rings. The predicted molar refractivity (Wildman–Crippen MR) is 86.5 cm³/mol. The Morgan fingerprint density at radius 2 is 1.50 bits per heavy atom. The first-order valence-corrected chi connectivity index (χ1v) is 9.70. The highest BCUT2D eigenvalue weighted by Crippen LogP contribution is 2.16. The number of carbonyl (C=O) groups excluding carboxylic acids is 1. The van der Waals surface area contributed by atoms with Crippen molar-refractivity contribution in [3.05, 3.63) is 35.9 Å². The van der Waals surface area contributed by atoms with Gasteiger partial charge in [0, 0.05) is 19.8 Å². The van der Waals surface area contributed by atoms with E-state index < -0.39 is 8.80 Å². The summed E-state index contributed by atoms with van der Waals surface area (Å²) in [5.74, 6) is -0.251. The minimum Gasteiger partial charge on any atom is -0.465 e. The Morgan fingerprint density at radius 1 is 0.955 bits per heavy atom. The van der Waals surface area contributed by atoms with Crippen LogP contribution in [0.15, 0.2) is 30.3 Å². The molecule has 0 N–H and O–H groups in total. The molecule has 0 saturated heterocycles. The first kappa shape index (κ1) is 18.8. The number of rotatable bonds is 11. The van der Waals surface area contributed by atoms with Crippen molar-refractivity contribution in [3.8, 4) is 0 Å². The maximum atomic E-state index is 11.8. The Bertz CT molecular complexity index is 407. The molecule has 0 radical (unpaired) electrons. The van der Waals surface area contributed by atoms with Crippen LogP contribution in [0.5, 0.6) is 0 Å². The van der Waals surface area contributed by atoms with Crippen LogP contribution in [0.25, 0.3) is 0 Å². The molecular weight excluding hydrogens is 300 g/mol. The zero-order chi connectivity index (χ0) is 16.3. The molecule has 0 heterocycles. The molecule has 0 aliphatic rings. The van der Waals surface area contributed by atoms with E-state index in [1.807, 2.05) is 51.1 Å². The van der Waals surface area contributed by atoms with Gasteiger partial charge in [-0.15, -0.1) is 0 Å². The minimum atomic E-state index is -2.73. The summed E-state index contributed by atoms with van der Waals surface area (Å²) >= 11 is 0. The zero-order valence-electron chi connectivity index (χ0n) is 13.7. The smallest absolute Gasteiger partial charge is 0.465 e. The first-order chi connectivity index (χ1) is 10.7. The largest absolute Gasteiger partial charge is 0.504 e. The molecule has 0 fully saturated rings. The van der Waals surface area contributed by atoms with Crippen molar-refractivity contribution >= 4 is 14.8 Å².